The van der Waals surface area contributed by atoms with Crippen molar-refractivity contribution < 1.29 is 14.3 Å². The Morgan fingerprint density at radius 1 is 1.28 bits per heavy atom. The maximum Gasteiger partial charge on any atom is 0.357 e. The zero-order chi connectivity index (χ0) is 20.8. The van der Waals surface area contributed by atoms with Gasteiger partial charge in [-0.2, -0.15) is 0 Å². The van der Waals surface area contributed by atoms with E-state index in [9.17, 15) is 9.59 Å². The summed E-state index contributed by atoms with van der Waals surface area (Å²) in [5.74, 6) is -0.450. The Hall–Kier alpha value is -1.83. The number of carbonyl (C=O) groups is 2. The normalized spacial score (nSPS) is 14.4. The molecule has 0 radical (unpaired) electrons. The van der Waals surface area contributed by atoms with Gasteiger partial charge in [0.05, 0.1) is 28.9 Å². The Morgan fingerprint density at radius 3 is 2.76 bits per heavy atom. The predicted octanol–water partition coefficient (Wildman–Crippen LogP) is 5.99. The molecule has 1 heterocycles. The van der Waals surface area contributed by atoms with Gasteiger partial charge < -0.3 is 15.0 Å². The zero-order valence-electron chi connectivity index (χ0n) is 16.1. The molecule has 1 saturated carbocycles. The smallest absolute Gasteiger partial charge is 0.357 e. The number of urea groups is 1. The Labute approximate surface area is 184 Å². The summed E-state index contributed by atoms with van der Waals surface area (Å²) in [5.41, 5.74) is 0.741. The minimum absolute atomic E-state index is 0.108. The minimum Gasteiger partial charge on any atom is -0.461 e. The van der Waals surface area contributed by atoms with Gasteiger partial charge in [-0.05, 0) is 31.9 Å². The molecule has 0 spiro atoms. The molecule has 2 amide bonds. The number of aromatic nitrogens is 1. The van der Waals surface area contributed by atoms with Crippen molar-refractivity contribution in [2.24, 2.45) is 0 Å². The van der Waals surface area contributed by atoms with Crippen molar-refractivity contribution in [1.29, 1.82) is 0 Å². The summed E-state index contributed by atoms with van der Waals surface area (Å²) in [6.07, 6.45) is 5.21. The zero-order valence-corrected chi connectivity index (χ0v) is 18.4. The number of ether oxygens (including phenoxy) is 1. The molecule has 6 nitrogen and oxygen atoms in total. The van der Waals surface area contributed by atoms with Gasteiger partial charge in [0.2, 0.25) is 0 Å². The molecule has 2 aromatic rings. The fourth-order valence-corrected chi connectivity index (χ4v) is 4.48. The monoisotopic (exact) mass is 455 g/mol. The number of esters is 1. The first-order chi connectivity index (χ1) is 14.0. The van der Waals surface area contributed by atoms with E-state index in [-0.39, 0.29) is 17.8 Å². The summed E-state index contributed by atoms with van der Waals surface area (Å²) in [7, 11) is 0. The molecule has 3 rings (SSSR count). The number of benzene rings is 1. The van der Waals surface area contributed by atoms with Crippen molar-refractivity contribution in [1.82, 2.24) is 9.88 Å². The van der Waals surface area contributed by atoms with Crippen molar-refractivity contribution in [2.75, 3.05) is 11.9 Å². The molecular formula is C20H23Cl2N3O3S. The molecular weight excluding hydrogens is 433 g/mol. The third-order valence-electron chi connectivity index (χ3n) is 4.81. The highest BCUT2D eigenvalue weighted by Gasteiger charge is 2.27. The summed E-state index contributed by atoms with van der Waals surface area (Å²) < 4.78 is 5.00. The largest absolute Gasteiger partial charge is 0.461 e. The van der Waals surface area contributed by atoms with Crippen LogP contribution < -0.4 is 5.32 Å². The Balaban J connectivity index is 1.78. The molecule has 1 aliphatic carbocycles. The van der Waals surface area contributed by atoms with E-state index in [1.165, 1.54) is 17.8 Å². The number of nitrogens with one attached hydrogen (secondary N) is 1. The average molecular weight is 456 g/mol. The minimum atomic E-state index is -0.450. The highest BCUT2D eigenvalue weighted by Crippen LogP contribution is 2.31. The fourth-order valence-electron chi connectivity index (χ4n) is 3.37. The Morgan fingerprint density at radius 2 is 2.03 bits per heavy atom. The quantitative estimate of drug-likeness (QED) is 0.542. The number of hydrogen-bond donors (Lipinski definition) is 1. The fraction of sp³-hybridized carbons (Fsp3) is 0.450. The molecule has 156 valence electrons. The third kappa shape index (κ3) is 5.62. The van der Waals surface area contributed by atoms with Crippen LogP contribution in [0.3, 0.4) is 0 Å². The number of halogens is 2. The lowest BCUT2D eigenvalue weighted by Gasteiger charge is -2.34. The van der Waals surface area contributed by atoms with Gasteiger partial charge >= 0.3 is 12.0 Å². The van der Waals surface area contributed by atoms with Crippen molar-refractivity contribution in [3.63, 3.8) is 0 Å². The third-order valence-corrected chi connectivity index (χ3v) is 6.46. The highest BCUT2D eigenvalue weighted by atomic mass is 35.5. The second kappa shape index (κ2) is 10.3. The molecule has 0 bridgehead atoms. The lowest BCUT2D eigenvalue weighted by Crippen LogP contribution is -2.43. The molecule has 1 aliphatic rings. The second-order valence-electron chi connectivity index (χ2n) is 6.80. The highest BCUT2D eigenvalue weighted by molar-refractivity contribution is 7.09. The second-order valence-corrected chi connectivity index (χ2v) is 8.53. The van der Waals surface area contributed by atoms with Crippen LogP contribution in [0.4, 0.5) is 10.5 Å². The number of amides is 2. The topological polar surface area (TPSA) is 71.5 Å². The van der Waals surface area contributed by atoms with Crippen molar-refractivity contribution in [2.45, 2.75) is 51.6 Å². The van der Waals surface area contributed by atoms with Gasteiger partial charge in [0, 0.05) is 11.4 Å². The summed E-state index contributed by atoms with van der Waals surface area (Å²) in [4.78, 5) is 31.2. The summed E-state index contributed by atoms with van der Waals surface area (Å²) in [6, 6.07) is 4.98. The molecule has 1 N–H and O–H groups in total. The van der Waals surface area contributed by atoms with Crippen LogP contribution >= 0.6 is 34.5 Å². The van der Waals surface area contributed by atoms with E-state index in [0.717, 1.165) is 25.7 Å². The van der Waals surface area contributed by atoms with Gasteiger partial charge in [0.25, 0.3) is 0 Å². The first-order valence-electron chi connectivity index (χ1n) is 9.62. The van der Waals surface area contributed by atoms with Crippen molar-refractivity contribution in [3.05, 3.63) is 44.3 Å². The summed E-state index contributed by atoms with van der Waals surface area (Å²) >= 11 is 13.6. The van der Waals surface area contributed by atoms with E-state index in [0.29, 0.717) is 33.9 Å². The Kier molecular flexibility index (Phi) is 7.75. The number of anilines is 1. The van der Waals surface area contributed by atoms with Gasteiger partial charge in [0.15, 0.2) is 5.69 Å². The molecule has 0 saturated heterocycles. The van der Waals surface area contributed by atoms with Crippen LogP contribution in [0.15, 0.2) is 23.6 Å². The Bertz CT molecular complexity index is 868. The van der Waals surface area contributed by atoms with Crippen LogP contribution in [0.1, 0.15) is 54.5 Å². The SMILES string of the molecule is CCOC(=O)c1csc(CN(C(=O)Nc2cccc(Cl)c2Cl)C2CCCCC2)n1. The predicted molar refractivity (Wildman–Crippen MR) is 116 cm³/mol. The lowest BCUT2D eigenvalue weighted by molar-refractivity contribution is 0.0520. The number of nitrogens with zero attached hydrogens (tertiary/aromatic N) is 2. The van der Waals surface area contributed by atoms with Crippen LogP contribution in [0.5, 0.6) is 0 Å². The van der Waals surface area contributed by atoms with E-state index in [2.05, 4.69) is 10.3 Å². The van der Waals surface area contributed by atoms with Crippen LogP contribution in [0.2, 0.25) is 10.0 Å². The average Bonchev–Trinajstić information content (AvgIpc) is 3.19. The van der Waals surface area contributed by atoms with Crippen molar-refractivity contribution in [3.8, 4) is 0 Å². The molecule has 1 fully saturated rings. The number of carbonyl (C=O) groups excluding carboxylic acids is 2. The van der Waals surface area contributed by atoms with Crippen LogP contribution in [0, 0.1) is 0 Å². The first kappa shape index (κ1) is 21.9. The molecule has 29 heavy (non-hydrogen) atoms. The maximum absolute atomic E-state index is 13.1. The van der Waals surface area contributed by atoms with E-state index >= 15 is 0 Å². The van der Waals surface area contributed by atoms with E-state index in [1.54, 1.807) is 35.4 Å². The first-order valence-corrected chi connectivity index (χ1v) is 11.3. The molecule has 0 unspecified atom stereocenters. The molecule has 9 heteroatoms. The van der Waals surface area contributed by atoms with E-state index < -0.39 is 5.97 Å². The number of hydrogen-bond acceptors (Lipinski definition) is 5. The van der Waals surface area contributed by atoms with Gasteiger partial charge in [-0.3, -0.25) is 0 Å². The molecule has 1 aromatic heterocycles. The standard InChI is InChI=1S/C20H23Cl2N3O3S/c1-2-28-19(26)16-12-29-17(23-16)11-25(13-7-4-3-5-8-13)20(27)24-15-10-6-9-14(21)18(15)22/h6,9-10,12-13H,2-5,7-8,11H2,1H3,(H,24,27). The van der Waals surface area contributed by atoms with Gasteiger partial charge in [-0.25, -0.2) is 14.6 Å². The summed E-state index contributed by atoms with van der Waals surface area (Å²) in [6.45, 7) is 2.36. The molecule has 0 atom stereocenters. The van der Waals surface area contributed by atoms with Crippen LogP contribution in [-0.2, 0) is 11.3 Å². The molecule has 1 aromatic carbocycles. The number of thiazole rings is 1. The van der Waals surface area contributed by atoms with E-state index in [1.807, 2.05) is 0 Å². The summed E-state index contributed by atoms with van der Waals surface area (Å²) in [5, 5.41) is 5.92. The van der Waals surface area contributed by atoms with Crippen molar-refractivity contribution >= 4 is 52.2 Å². The van der Waals surface area contributed by atoms with Gasteiger partial charge in [-0.15, -0.1) is 11.3 Å². The maximum atomic E-state index is 13.1. The van der Waals surface area contributed by atoms with Crippen LogP contribution in [-0.4, -0.2) is 34.5 Å². The van der Waals surface area contributed by atoms with Gasteiger partial charge in [0.1, 0.15) is 5.01 Å². The van der Waals surface area contributed by atoms with Crippen LogP contribution in [0.25, 0.3) is 0 Å². The lowest BCUT2D eigenvalue weighted by atomic mass is 9.94. The number of rotatable bonds is 6. The molecule has 0 aliphatic heterocycles. The van der Waals surface area contributed by atoms with E-state index in [4.69, 9.17) is 27.9 Å². The van der Waals surface area contributed by atoms with Gasteiger partial charge in [-0.1, -0.05) is 48.5 Å².